The maximum atomic E-state index is 10.2. The molecule has 1 aromatic carbocycles. The van der Waals surface area contributed by atoms with E-state index in [4.69, 9.17) is 4.74 Å². The van der Waals surface area contributed by atoms with Crippen LogP contribution < -0.4 is 4.74 Å². The molecule has 118 valence electrons. The van der Waals surface area contributed by atoms with Gasteiger partial charge in [0, 0.05) is 18.7 Å². The summed E-state index contributed by atoms with van der Waals surface area (Å²) < 4.78 is 5.42. The highest BCUT2D eigenvalue weighted by molar-refractivity contribution is 5.33. The molecule has 3 heteroatoms. The summed E-state index contributed by atoms with van der Waals surface area (Å²) in [5, 5.41) is 10.2. The molecule has 3 nitrogen and oxygen atoms in total. The van der Waals surface area contributed by atoms with Crippen molar-refractivity contribution in [2.45, 2.75) is 45.3 Å². The molecule has 0 heterocycles. The first kappa shape index (κ1) is 16.3. The number of rotatable bonds is 6. The van der Waals surface area contributed by atoms with Crippen molar-refractivity contribution < 1.29 is 9.84 Å². The Labute approximate surface area is 128 Å². The normalized spacial score (nSPS) is 26.0. The number of nitrogens with zero attached hydrogens (tertiary/aromatic N) is 1. The van der Waals surface area contributed by atoms with Gasteiger partial charge in [0.1, 0.15) is 5.75 Å². The van der Waals surface area contributed by atoms with Crippen LogP contribution in [0.1, 0.15) is 38.2 Å². The minimum atomic E-state index is -0.132. The maximum Gasteiger partial charge on any atom is 0.123 e. The molecule has 0 aliphatic heterocycles. The van der Waals surface area contributed by atoms with Gasteiger partial charge in [0.05, 0.1) is 13.2 Å². The van der Waals surface area contributed by atoms with Crippen molar-refractivity contribution in [2.24, 2.45) is 11.8 Å². The van der Waals surface area contributed by atoms with E-state index in [1.165, 1.54) is 18.4 Å². The van der Waals surface area contributed by atoms with Gasteiger partial charge in [-0.05, 0) is 44.2 Å². The number of hydrogen-bond acceptors (Lipinski definition) is 3. The van der Waals surface area contributed by atoms with Gasteiger partial charge in [-0.3, -0.25) is 0 Å². The van der Waals surface area contributed by atoms with Crippen molar-refractivity contribution in [3.8, 4) is 5.75 Å². The van der Waals surface area contributed by atoms with E-state index in [2.05, 4.69) is 24.9 Å². The molecule has 0 radical (unpaired) electrons. The lowest BCUT2D eigenvalue weighted by Gasteiger charge is -2.35. The van der Waals surface area contributed by atoms with Crippen molar-refractivity contribution in [1.82, 2.24) is 4.90 Å². The summed E-state index contributed by atoms with van der Waals surface area (Å²) >= 11 is 0. The molecule has 1 fully saturated rings. The topological polar surface area (TPSA) is 32.7 Å². The number of ether oxygens (including phenoxy) is 1. The molecule has 21 heavy (non-hydrogen) atoms. The van der Waals surface area contributed by atoms with Crippen LogP contribution in [-0.4, -0.2) is 36.8 Å². The Bertz CT molecular complexity index is 435. The molecule has 0 aromatic heterocycles. The smallest absolute Gasteiger partial charge is 0.123 e. The summed E-state index contributed by atoms with van der Waals surface area (Å²) in [4.78, 5) is 2.31. The van der Waals surface area contributed by atoms with Crippen LogP contribution in [0.4, 0.5) is 0 Å². The van der Waals surface area contributed by atoms with Gasteiger partial charge in [-0.25, -0.2) is 0 Å². The van der Waals surface area contributed by atoms with Crippen LogP contribution >= 0.6 is 0 Å². The predicted molar refractivity (Wildman–Crippen MR) is 86.5 cm³/mol. The summed E-state index contributed by atoms with van der Waals surface area (Å²) in [7, 11) is 3.85. The molecule has 3 atom stereocenters. The molecule has 2 rings (SSSR count). The van der Waals surface area contributed by atoms with Gasteiger partial charge < -0.3 is 14.7 Å². The number of para-hydroxylation sites is 1. The minimum absolute atomic E-state index is 0.132. The zero-order chi connectivity index (χ0) is 15.2. The van der Waals surface area contributed by atoms with Crippen LogP contribution in [0.3, 0.4) is 0 Å². The van der Waals surface area contributed by atoms with Crippen LogP contribution in [0.5, 0.6) is 5.75 Å². The third-order valence-corrected chi connectivity index (χ3v) is 4.81. The Hall–Kier alpha value is -1.06. The third-order valence-electron chi connectivity index (χ3n) is 4.81. The highest BCUT2D eigenvalue weighted by Crippen LogP contribution is 2.32. The molecule has 1 aromatic rings. The van der Waals surface area contributed by atoms with Crippen LogP contribution in [0.15, 0.2) is 24.3 Å². The van der Waals surface area contributed by atoms with Crippen molar-refractivity contribution in [3.05, 3.63) is 29.8 Å². The molecule has 3 unspecified atom stereocenters. The minimum Gasteiger partial charge on any atom is -0.496 e. The summed E-state index contributed by atoms with van der Waals surface area (Å²) in [5.74, 6) is 2.14. The number of hydrogen-bond donors (Lipinski definition) is 1. The van der Waals surface area contributed by atoms with E-state index in [0.717, 1.165) is 37.6 Å². The maximum absolute atomic E-state index is 10.2. The summed E-state index contributed by atoms with van der Waals surface area (Å²) in [6.45, 7) is 4.08. The van der Waals surface area contributed by atoms with Crippen LogP contribution in [-0.2, 0) is 6.54 Å². The Morgan fingerprint density at radius 1 is 1.29 bits per heavy atom. The van der Waals surface area contributed by atoms with Crippen molar-refractivity contribution in [3.63, 3.8) is 0 Å². The largest absolute Gasteiger partial charge is 0.496 e. The first-order valence-corrected chi connectivity index (χ1v) is 8.12. The van der Waals surface area contributed by atoms with Gasteiger partial charge in [0.25, 0.3) is 0 Å². The Balaban J connectivity index is 1.92. The average Bonchev–Trinajstić information content (AvgIpc) is 2.50. The lowest BCUT2D eigenvalue weighted by Crippen LogP contribution is -2.37. The van der Waals surface area contributed by atoms with Gasteiger partial charge in [-0.2, -0.15) is 0 Å². The van der Waals surface area contributed by atoms with E-state index in [0.29, 0.717) is 5.92 Å². The fourth-order valence-corrected chi connectivity index (χ4v) is 3.50. The molecular formula is C18H29NO2. The lowest BCUT2D eigenvalue weighted by atomic mass is 9.78. The zero-order valence-corrected chi connectivity index (χ0v) is 13.6. The van der Waals surface area contributed by atoms with Gasteiger partial charge in [0.15, 0.2) is 0 Å². The molecule has 0 saturated heterocycles. The molecule has 0 spiro atoms. The number of aliphatic hydroxyl groups excluding tert-OH is 1. The highest BCUT2D eigenvalue weighted by Gasteiger charge is 2.29. The third kappa shape index (κ3) is 4.45. The Morgan fingerprint density at radius 2 is 2.05 bits per heavy atom. The first-order valence-electron chi connectivity index (χ1n) is 8.12. The first-order chi connectivity index (χ1) is 10.1. The quantitative estimate of drug-likeness (QED) is 0.873. The van der Waals surface area contributed by atoms with E-state index in [1.807, 2.05) is 18.2 Å². The summed E-state index contributed by atoms with van der Waals surface area (Å²) in [6, 6.07) is 8.17. The molecule has 0 amide bonds. The van der Waals surface area contributed by atoms with E-state index < -0.39 is 0 Å². The average molecular weight is 291 g/mol. The molecular weight excluding hydrogens is 262 g/mol. The second-order valence-electron chi connectivity index (χ2n) is 6.42. The standard InChI is InChI=1S/C18H29NO2/c1-4-14-9-10-17(20)16(11-14)13-19(2)12-15-7-5-6-8-18(15)21-3/h5-8,14,16-17,20H,4,9-13H2,1-3H3. The number of aliphatic hydroxyl groups is 1. The van der Waals surface area contributed by atoms with Crippen LogP contribution in [0, 0.1) is 11.8 Å². The molecule has 0 bridgehead atoms. The highest BCUT2D eigenvalue weighted by atomic mass is 16.5. The van der Waals surface area contributed by atoms with Crippen LogP contribution in [0.25, 0.3) is 0 Å². The van der Waals surface area contributed by atoms with E-state index >= 15 is 0 Å². The second-order valence-corrected chi connectivity index (χ2v) is 6.42. The predicted octanol–water partition coefficient (Wildman–Crippen LogP) is 3.31. The zero-order valence-electron chi connectivity index (χ0n) is 13.6. The van der Waals surface area contributed by atoms with Crippen LogP contribution in [0.2, 0.25) is 0 Å². The molecule has 1 aliphatic rings. The van der Waals surface area contributed by atoms with Gasteiger partial charge in [0.2, 0.25) is 0 Å². The van der Waals surface area contributed by atoms with Crippen molar-refractivity contribution >= 4 is 0 Å². The Kier molecular flexibility index (Phi) is 6.07. The fourth-order valence-electron chi connectivity index (χ4n) is 3.50. The van der Waals surface area contributed by atoms with Crippen molar-refractivity contribution in [2.75, 3.05) is 20.7 Å². The summed E-state index contributed by atoms with van der Waals surface area (Å²) in [6.07, 6.45) is 4.41. The van der Waals surface area contributed by atoms with E-state index in [-0.39, 0.29) is 6.10 Å². The van der Waals surface area contributed by atoms with Gasteiger partial charge >= 0.3 is 0 Å². The lowest BCUT2D eigenvalue weighted by molar-refractivity contribution is 0.0297. The molecule has 1 N–H and O–H groups in total. The molecule has 1 aliphatic carbocycles. The fraction of sp³-hybridized carbons (Fsp3) is 0.667. The van der Waals surface area contributed by atoms with E-state index in [9.17, 15) is 5.11 Å². The SMILES string of the molecule is CCC1CCC(O)C(CN(C)Cc2ccccc2OC)C1. The molecule has 1 saturated carbocycles. The van der Waals surface area contributed by atoms with E-state index in [1.54, 1.807) is 7.11 Å². The number of methoxy groups -OCH3 is 1. The Morgan fingerprint density at radius 3 is 2.76 bits per heavy atom. The van der Waals surface area contributed by atoms with Crippen molar-refractivity contribution in [1.29, 1.82) is 0 Å². The van der Waals surface area contributed by atoms with Gasteiger partial charge in [-0.15, -0.1) is 0 Å². The summed E-state index contributed by atoms with van der Waals surface area (Å²) in [5.41, 5.74) is 1.21. The number of benzene rings is 1. The monoisotopic (exact) mass is 291 g/mol. The second kappa shape index (κ2) is 7.81. The van der Waals surface area contributed by atoms with Gasteiger partial charge in [-0.1, -0.05) is 31.5 Å².